The van der Waals surface area contributed by atoms with Gasteiger partial charge in [0.05, 0.1) is 19.8 Å². The number of methoxy groups -OCH3 is 2. The fraction of sp³-hybridized carbons (Fsp3) is 0.429. The quantitative estimate of drug-likeness (QED) is 0.882. The Balaban J connectivity index is 2.34. The molecule has 0 bridgehead atoms. The van der Waals surface area contributed by atoms with E-state index in [4.69, 9.17) is 9.47 Å². The van der Waals surface area contributed by atoms with E-state index in [-0.39, 0.29) is 11.8 Å². The largest absolute Gasteiger partial charge is 0.497 e. The topological polar surface area (TPSA) is 67.9 Å². The molecule has 0 aliphatic carbocycles. The van der Waals surface area contributed by atoms with E-state index >= 15 is 0 Å². The van der Waals surface area contributed by atoms with Crippen molar-refractivity contribution in [1.29, 1.82) is 0 Å². The van der Waals surface area contributed by atoms with E-state index in [2.05, 4.69) is 5.32 Å². The second kappa shape index (κ2) is 5.81. The molecule has 108 valence electrons. The molecule has 1 aromatic carbocycles. The molecular weight excluding hydrogens is 260 g/mol. The molecule has 0 saturated carbocycles. The number of nitrogens with one attached hydrogen (secondary N) is 1. The number of carbonyl (C=O) groups is 2. The molecule has 2 amide bonds. The molecule has 1 atom stereocenters. The van der Waals surface area contributed by atoms with E-state index < -0.39 is 6.04 Å². The van der Waals surface area contributed by atoms with Gasteiger partial charge in [-0.1, -0.05) is 0 Å². The van der Waals surface area contributed by atoms with E-state index in [1.807, 2.05) is 0 Å². The molecule has 20 heavy (non-hydrogen) atoms. The lowest BCUT2D eigenvalue weighted by Crippen LogP contribution is -2.55. The maximum atomic E-state index is 12.6. The third-order valence-corrected chi connectivity index (χ3v) is 3.40. The molecule has 6 heteroatoms. The Hall–Kier alpha value is -2.24. The van der Waals surface area contributed by atoms with Crippen molar-refractivity contribution in [1.82, 2.24) is 10.2 Å². The van der Waals surface area contributed by atoms with E-state index in [1.165, 1.54) is 19.1 Å². The Labute approximate surface area is 117 Å². The van der Waals surface area contributed by atoms with Crippen molar-refractivity contribution < 1.29 is 19.1 Å². The first-order chi connectivity index (χ1) is 9.58. The van der Waals surface area contributed by atoms with Crippen LogP contribution in [0.25, 0.3) is 0 Å². The number of piperazine rings is 1. The van der Waals surface area contributed by atoms with Gasteiger partial charge in [0.2, 0.25) is 5.91 Å². The van der Waals surface area contributed by atoms with Crippen LogP contribution in [0.4, 0.5) is 0 Å². The van der Waals surface area contributed by atoms with Gasteiger partial charge in [0, 0.05) is 13.1 Å². The van der Waals surface area contributed by atoms with Gasteiger partial charge in [-0.2, -0.15) is 0 Å². The lowest BCUT2D eigenvalue weighted by Gasteiger charge is -2.33. The van der Waals surface area contributed by atoms with Gasteiger partial charge < -0.3 is 19.7 Å². The minimum Gasteiger partial charge on any atom is -0.497 e. The smallest absolute Gasteiger partial charge is 0.258 e. The van der Waals surface area contributed by atoms with Crippen LogP contribution in [-0.4, -0.2) is 50.1 Å². The van der Waals surface area contributed by atoms with E-state index in [0.29, 0.717) is 30.2 Å². The van der Waals surface area contributed by atoms with E-state index in [1.54, 1.807) is 25.1 Å². The molecule has 1 aliphatic rings. The first kappa shape index (κ1) is 14.2. The second-order valence-electron chi connectivity index (χ2n) is 4.53. The average Bonchev–Trinajstić information content (AvgIpc) is 2.48. The minimum absolute atomic E-state index is 0.147. The summed E-state index contributed by atoms with van der Waals surface area (Å²) in [6.45, 7) is 2.65. The highest BCUT2D eigenvalue weighted by molar-refractivity contribution is 6.00. The predicted molar refractivity (Wildman–Crippen MR) is 73.1 cm³/mol. The zero-order valence-electron chi connectivity index (χ0n) is 11.8. The molecule has 0 spiro atoms. The summed E-state index contributed by atoms with van der Waals surface area (Å²) in [6, 6.07) is 4.54. The van der Waals surface area contributed by atoms with Crippen LogP contribution < -0.4 is 14.8 Å². The SMILES string of the molecule is COc1ccc(OC)c(C(=O)N2CCNC(=O)[C@@H]2C)c1. The summed E-state index contributed by atoms with van der Waals surface area (Å²) in [5.74, 6) is 0.659. The highest BCUT2D eigenvalue weighted by Crippen LogP contribution is 2.26. The Morgan fingerprint density at radius 1 is 1.35 bits per heavy atom. The van der Waals surface area contributed by atoms with Crippen molar-refractivity contribution in [3.8, 4) is 11.5 Å². The summed E-state index contributed by atoms with van der Waals surface area (Å²) in [5, 5.41) is 2.73. The van der Waals surface area contributed by atoms with Crippen molar-refractivity contribution in [2.75, 3.05) is 27.3 Å². The van der Waals surface area contributed by atoms with Gasteiger partial charge in [0.1, 0.15) is 17.5 Å². The summed E-state index contributed by atoms with van der Waals surface area (Å²) in [4.78, 5) is 25.8. The van der Waals surface area contributed by atoms with Crippen LogP contribution >= 0.6 is 0 Å². The van der Waals surface area contributed by atoms with Crippen LogP contribution in [0.2, 0.25) is 0 Å². The first-order valence-electron chi connectivity index (χ1n) is 6.39. The fourth-order valence-electron chi connectivity index (χ4n) is 2.20. The molecule has 0 radical (unpaired) electrons. The van der Waals surface area contributed by atoms with Crippen LogP contribution in [0.3, 0.4) is 0 Å². The van der Waals surface area contributed by atoms with Crippen molar-refractivity contribution in [2.45, 2.75) is 13.0 Å². The number of nitrogens with zero attached hydrogens (tertiary/aromatic N) is 1. The van der Waals surface area contributed by atoms with Crippen molar-refractivity contribution in [3.05, 3.63) is 23.8 Å². The lowest BCUT2D eigenvalue weighted by atomic mass is 10.1. The maximum Gasteiger partial charge on any atom is 0.258 e. The van der Waals surface area contributed by atoms with E-state index in [9.17, 15) is 9.59 Å². The first-order valence-corrected chi connectivity index (χ1v) is 6.39. The standard InChI is InChI=1S/C14H18N2O4/c1-9-13(17)15-6-7-16(9)14(18)11-8-10(19-2)4-5-12(11)20-3/h4-5,8-9H,6-7H2,1-3H3,(H,15,17)/t9-/m0/s1. The minimum atomic E-state index is -0.493. The third kappa shape index (κ3) is 2.54. The van der Waals surface area contributed by atoms with Gasteiger partial charge in [-0.25, -0.2) is 0 Å². The predicted octanol–water partition coefficient (Wildman–Crippen LogP) is 0.664. The van der Waals surface area contributed by atoms with Crippen LogP contribution in [-0.2, 0) is 4.79 Å². The third-order valence-electron chi connectivity index (χ3n) is 3.40. The van der Waals surface area contributed by atoms with E-state index in [0.717, 1.165) is 0 Å². The van der Waals surface area contributed by atoms with Gasteiger partial charge in [-0.3, -0.25) is 9.59 Å². The summed E-state index contributed by atoms with van der Waals surface area (Å²) < 4.78 is 10.3. The zero-order chi connectivity index (χ0) is 14.7. The number of hydrogen-bond acceptors (Lipinski definition) is 4. The summed E-state index contributed by atoms with van der Waals surface area (Å²) in [7, 11) is 3.04. The number of rotatable bonds is 3. The highest BCUT2D eigenvalue weighted by Gasteiger charge is 2.31. The maximum absolute atomic E-state index is 12.6. The summed E-state index contributed by atoms with van der Waals surface area (Å²) in [6.07, 6.45) is 0. The molecule has 0 aromatic heterocycles. The molecular formula is C14H18N2O4. The van der Waals surface area contributed by atoms with Crippen molar-refractivity contribution >= 4 is 11.8 Å². The highest BCUT2D eigenvalue weighted by atomic mass is 16.5. The van der Waals surface area contributed by atoms with Gasteiger partial charge in [-0.05, 0) is 25.1 Å². The molecule has 0 unspecified atom stereocenters. The average molecular weight is 278 g/mol. The number of carbonyl (C=O) groups excluding carboxylic acids is 2. The molecule has 2 rings (SSSR count). The lowest BCUT2D eigenvalue weighted by molar-refractivity contribution is -0.127. The molecule has 1 aliphatic heterocycles. The fourth-order valence-corrected chi connectivity index (χ4v) is 2.20. The van der Waals surface area contributed by atoms with Gasteiger partial charge in [0.25, 0.3) is 5.91 Å². The van der Waals surface area contributed by atoms with Crippen LogP contribution in [0.1, 0.15) is 17.3 Å². The Kier molecular flexibility index (Phi) is 4.12. The normalized spacial score (nSPS) is 18.4. The van der Waals surface area contributed by atoms with Crippen molar-refractivity contribution in [2.24, 2.45) is 0 Å². The molecule has 1 saturated heterocycles. The number of amides is 2. The molecule has 6 nitrogen and oxygen atoms in total. The number of hydrogen-bond donors (Lipinski definition) is 1. The Morgan fingerprint density at radius 3 is 2.75 bits per heavy atom. The monoisotopic (exact) mass is 278 g/mol. The zero-order valence-corrected chi connectivity index (χ0v) is 11.8. The molecule has 1 fully saturated rings. The summed E-state index contributed by atoms with van der Waals surface area (Å²) >= 11 is 0. The van der Waals surface area contributed by atoms with Gasteiger partial charge in [0.15, 0.2) is 0 Å². The molecule has 1 N–H and O–H groups in total. The second-order valence-corrected chi connectivity index (χ2v) is 4.53. The van der Waals surface area contributed by atoms with Gasteiger partial charge in [-0.15, -0.1) is 0 Å². The van der Waals surface area contributed by atoms with Gasteiger partial charge >= 0.3 is 0 Å². The van der Waals surface area contributed by atoms with Crippen LogP contribution in [0.15, 0.2) is 18.2 Å². The molecule has 1 aromatic rings. The Morgan fingerprint density at radius 2 is 2.10 bits per heavy atom. The van der Waals surface area contributed by atoms with Crippen molar-refractivity contribution in [3.63, 3.8) is 0 Å². The van der Waals surface area contributed by atoms with Crippen LogP contribution in [0.5, 0.6) is 11.5 Å². The summed E-state index contributed by atoms with van der Waals surface area (Å²) in [5.41, 5.74) is 0.397. The Bertz CT molecular complexity index is 530. The number of benzene rings is 1. The number of ether oxygens (including phenoxy) is 2. The molecule has 1 heterocycles. The van der Waals surface area contributed by atoms with Crippen LogP contribution in [0, 0.1) is 0 Å².